The molecule has 10 aromatic carbocycles. The Bertz CT molecular complexity index is 3490. The van der Waals surface area contributed by atoms with Crippen LogP contribution in [0, 0.1) is 0 Å². The molecule has 0 saturated carbocycles. The van der Waals surface area contributed by atoms with Crippen molar-refractivity contribution in [1.29, 1.82) is 0 Å². The number of hydrogen-bond acceptors (Lipinski definition) is 2. The van der Waals surface area contributed by atoms with Gasteiger partial charge in [0, 0.05) is 33.1 Å². The third-order valence-electron chi connectivity index (χ3n) is 11.2. The summed E-state index contributed by atoms with van der Waals surface area (Å²) in [6.45, 7) is 0. The Balaban J connectivity index is 1.11. The lowest BCUT2D eigenvalue weighted by Crippen LogP contribution is -2.11. The molecule has 58 heavy (non-hydrogen) atoms. The zero-order chi connectivity index (χ0) is 41.9. The number of anilines is 3. The van der Waals surface area contributed by atoms with Crippen LogP contribution in [0.4, 0.5) is 17.1 Å². The van der Waals surface area contributed by atoms with Gasteiger partial charge in [-0.25, -0.2) is 0 Å². The highest BCUT2D eigenvalue weighted by molar-refractivity contribution is 6.18. The molecule has 2 nitrogen and oxygen atoms in total. The highest BCUT2D eigenvalue weighted by Crippen LogP contribution is 2.45. The Morgan fingerprint density at radius 1 is 0.345 bits per heavy atom. The molecule has 2 heteroatoms. The van der Waals surface area contributed by atoms with E-state index >= 15 is 0 Å². The van der Waals surface area contributed by atoms with Crippen molar-refractivity contribution in [3.8, 4) is 44.5 Å². The van der Waals surface area contributed by atoms with Gasteiger partial charge in [-0.1, -0.05) is 176 Å². The second-order valence-electron chi connectivity index (χ2n) is 14.5. The van der Waals surface area contributed by atoms with Crippen molar-refractivity contribution in [1.82, 2.24) is 0 Å². The van der Waals surface area contributed by atoms with Crippen molar-refractivity contribution >= 4 is 60.5 Å². The minimum absolute atomic E-state index is 0.114. The minimum atomic E-state index is -0.139. The standard InChI is InChI=1S/C56H37NO/c1-2-13-38(14-3-1)39-27-31-44(32-28-39)57(45-33-29-40(30-34-45)42-17-10-18-43(37-42)47-22-11-16-41-15-4-5-19-46(41)47)54-25-8-6-20-50(54)48-23-12-24-52-49(48)35-36-53-51-21-7-9-26-55(51)58-56(52)53/h1-37H/i29D,30D,33D,34D. The molecule has 0 bridgehead atoms. The van der Waals surface area contributed by atoms with E-state index in [1.807, 2.05) is 132 Å². The van der Waals surface area contributed by atoms with Crippen LogP contribution in [-0.4, -0.2) is 0 Å². The molecule has 0 unspecified atom stereocenters. The van der Waals surface area contributed by atoms with Crippen LogP contribution in [0.15, 0.2) is 229 Å². The molecule has 0 radical (unpaired) electrons. The highest BCUT2D eigenvalue weighted by atomic mass is 16.3. The van der Waals surface area contributed by atoms with E-state index in [-0.39, 0.29) is 35.4 Å². The van der Waals surface area contributed by atoms with Gasteiger partial charge in [-0.15, -0.1) is 0 Å². The summed E-state index contributed by atoms with van der Waals surface area (Å²) < 4.78 is 45.2. The summed E-state index contributed by atoms with van der Waals surface area (Å²) in [5, 5.41) is 6.30. The van der Waals surface area contributed by atoms with Gasteiger partial charge in [-0.3, -0.25) is 0 Å². The highest BCUT2D eigenvalue weighted by Gasteiger charge is 2.20. The van der Waals surface area contributed by atoms with E-state index in [1.165, 1.54) is 0 Å². The van der Waals surface area contributed by atoms with Crippen LogP contribution in [0.5, 0.6) is 0 Å². The number of nitrogens with zero attached hydrogens (tertiary/aromatic N) is 1. The van der Waals surface area contributed by atoms with E-state index in [2.05, 4.69) is 72.8 Å². The van der Waals surface area contributed by atoms with Gasteiger partial charge in [0.15, 0.2) is 0 Å². The van der Waals surface area contributed by atoms with E-state index in [1.54, 1.807) is 0 Å². The predicted molar refractivity (Wildman–Crippen MR) is 245 cm³/mol. The van der Waals surface area contributed by atoms with Crippen molar-refractivity contribution < 1.29 is 9.90 Å². The molecule has 0 saturated heterocycles. The summed E-state index contributed by atoms with van der Waals surface area (Å²) in [5.74, 6) is 0. The first-order chi connectivity index (χ1) is 30.4. The lowest BCUT2D eigenvalue weighted by atomic mass is 9.94. The van der Waals surface area contributed by atoms with E-state index < -0.39 is 0 Å². The summed E-state index contributed by atoms with van der Waals surface area (Å²) in [6.07, 6.45) is 0. The topological polar surface area (TPSA) is 16.4 Å². The maximum absolute atomic E-state index is 9.76. The van der Waals surface area contributed by atoms with Crippen molar-refractivity contribution in [3.63, 3.8) is 0 Å². The smallest absolute Gasteiger partial charge is 0.143 e. The number of para-hydroxylation sites is 2. The first kappa shape index (κ1) is 29.6. The average molecular weight is 744 g/mol. The molecule has 272 valence electrons. The quantitative estimate of drug-likeness (QED) is 0.162. The average Bonchev–Trinajstić information content (AvgIpc) is 3.72. The zero-order valence-corrected chi connectivity index (χ0v) is 31.4. The van der Waals surface area contributed by atoms with E-state index in [4.69, 9.17) is 4.42 Å². The van der Waals surface area contributed by atoms with Crippen molar-refractivity contribution in [2.45, 2.75) is 0 Å². The fraction of sp³-hybridized carbons (Fsp3) is 0. The molecule has 11 rings (SSSR count). The molecule has 0 aliphatic carbocycles. The molecule has 0 aliphatic rings. The Kier molecular flexibility index (Phi) is 7.20. The predicted octanol–water partition coefficient (Wildman–Crippen LogP) is 16.0. The Morgan fingerprint density at radius 3 is 1.81 bits per heavy atom. The fourth-order valence-corrected chi connectivity index (χ4v) is 8.38. The molecule has 1 aromatic heterocycles. The van der Waals surface area contributed by atoms with Gasteiger partial charge in [0.2, 0.25) is 0 Å². The number of rotatable bonds is 7. The van der Waals surface area contributed by atoms with Gasteiger partial charge in [0.05, 0.1) is 11.2 Å². The molecule has 0 fully saturated rings. The van der Waals surface area contributed by atoms with Crippen LogP contribution < -0.4 is 4.90 Å². The normalized spacial score (nSPS) is 12.4. The van der Waals surface area contributed by atoms with E-state index in [0.717, 1.165) is 76.9 Å². The maximum atomic E-state index is 9.76. The SMILES string of the molecule is [2H]c1c([2H])c(N(c2ccc(-c3ccccc3)cc2)c2ccccc2-c2cccc3c2ccc2c4ccccc4oc32)c([2H])c([2H])c1-c1cccc(-c2cccc3ccccc23)c1. The van der Waals surface area contributed by atoms with Crippen LogP contribution in [-0.2, 0) is 0 Å². The molecule has 0 amide bonds. The molecular formula is C56H37NO. The summed E-state index contributed by atoms with van der Waals surface area (Å²) in [6, 6.07) is 66.5. The summed E-state index contributed by atoms with van der Waals surface area (Å²) in [5.41, 5.74) is 9.96. The molecule has 0 atom stereocenters. The summed E-state index contributed by atoms with van der Waals surface area (Å²) in [7, 11) is 0. The largest absolute Gasteiger partial charge is 0.455 e. The minimum Gasteiger partial charge on any atom is -0.455 e. The Hall–Kier alpha value is -7.68. The lowest BCUT2D eigenvalue weighted by Gasteiger charge is -2.28. The number of fused-ring (bicyclic) bond motifs is 6. The van der Waals surface area contributed by atoms with Gasteiger partial charge in [-0.2, -0.15) is 0 Å². The van der Waals surface area contributed by atoms with Crippen LogP contribution >= 0.6 is 0 Å². The lowest BCUT2D eigenvalue weighted by molar-refractivity contribution is 0.672. The van der Waals surface area contributed by atoms with Crippen LogP contribution in [0.25, 0.3) is 88.0 Å². The van der Waals surface area contributed by atoms with Crippen LogP contribution in [0.2, 0.25) is 0 Å². The van der Waals surface area contributed by atoms with Crippen molar-refractivity contribution in [2.24, 2.45) is 0 Å². The number of hydrogen-bond donors (Lipinski definition) is 0. The fourth-order valence-electron chi connectivity index (χ4n) is 8.38. The molecule has 0 aliphatic heterocycles. The van der Waals surface area contributed by atoms with Crippen molar-refractivity contribution in [2.75, 3.05) is 4.90 Å². The molecule has 11 aromatic rings. The molecule has 0 spiro atoms. The third kappa shape index (κ3) is 5.82. The Labute approximate surface area is 343 Å². The first-order valence-electron chi connectivity index (χ1n) is 21.5. The molecular weight excluding hydrogens is 703 g/mol. The van der Waals surface area contributed by atoms with Gasteiger partial charge >= 0.3 is 0 Å². The van der Waals surface area contributed by atoms with Gasteiger partial charge in [0.1, 0.15) is 11.2 Å². The van der Waals surface area contributed by atoms with E-state index in [0.29, 0.717) is 16.9 Å². The van der Waals surface area contributed by atoms with Crippen molar-refractivity contribution in [3.05, 3.63) is 224 Å². The third-order valence-corrected chi connectivity index (χ3v) is 11.2. The van der Waals surface area contributed by atoms with Gasteiger partial charge < -0.3 is 9.32 Å². The van der Waals surface area contributed by atoms with E-state index in [9.17, 15) is 5.48 Å². The van der Waals surface area contributed by atoms with Gasteiger partial charge in [0.25, 0.3) is 0 Å². The van der Waals surface area contributed by atoms with Gasteiger partial charge in [-0.05, 0) is 104 Å². The van der Waals surface area contributed by atoms with Crippen LogP contribution in [0.1, 0.15) is 5.48 Å². The zero-order valence-electron chi connectivity index (χ0n) is 35.4. The molecule has 0 N–H and O–H groups in total. The van der Waals surface area contributed by atoms with Crippen LogP contribution in [0.3, 0.4) is 0 Å². The first-order valence-corrected chi connectivity index (χ1v) is 19.5. The number of benzene rings is 10. The summed E-state index contributed by atoms with van der Waals surface area (Å²) in [4.78, 5) is 1.89. The summed E-state index contributed by atoms with van der Waals surface area (Å²) >= 11 is 0. The Morgan fingerprint density at radius 2 is 0.931 bits per heavy atom. The molecule has 1 heterocycles. The second-order valence-corrected chi connectivity index (χ2v) is 14.5. The maximum Gasteiger partial charge on any atom is 0.143 e. The second kappa shape index (κ2) is 14.1. The monoisotopic (exact) mass is 743 g/mol. The number of furan rings is 1.